The zero-order chi connectivity index (χ0) is 15.9. The average Bonchev–Trinajstić information content (AvgIpc) is 2.72. The maximum absolute atomic E-state index is 14.0. The molecule has 5 nitrogen and oxygen atoms in total. The minimum atomic E-state index is -1.29. The van der Waals surface area contributed by atoms with Gasteiger partial charge in [-0.15, -0.1) is 0 Å². The van der Waals surface area contributed by atoms with Crippen molar-refractivity contribution in [1.82, 2.24) is 5.06 Å². The van der Waals surface area contributed by atoms with E-state index >= 15 is 0 Å². The molecule has 0 bridgehead atoms. The summed E-state index contributed by atoms with van der Waals surface area (Å²) in [5.41, 5.74) is -1.28. The van der Waals surface area contributed by atoms with Gasteiger partial charge in [-0.25, -0.2) is 4.39 Å². The van der Waals surface area contributed by atoms with Crippen LogP contribution in [-0.2, 0) is 19.2 Å². The Hall–Kier alpha value is -1.50. The van der Waals surface area contributed by atoms with Crippen LogP contribution in [0.1, 0.15) is 24.3 Å². The summed E-state index contributed by atoms with van der Waals surface area (Å²) in [5.74, 6) is -3.11. The van der Waals surface area contributed by atoms with Crippen LogP contribution in [0.15, 0.2) is 18.2 Å². The molecule has 3 rings (SSSR count). The molecule has 0 saturated carbocycles. The van der Waals surface area contributed by atoms with Gasteiger partial charge in [0.1, 0.15) is 11.7 Å². The normalized spacial score (nSPS) is 24.8. The zero-order valence-corrected chi connectivity index (χ0v) is 12.7. The Bertz CT molecular complexity index is 608. The maximum Gasteiger partial charge on any atom is 0.322 e. The first-order valence-electron chi connectivity index (χ1n) is 6.98. The minimum Gasteiger partial charge on any atom is -0.450 e. The first kappa shape index (κ1) is 15.4. The second-order valence-electron chi connectivity index (χ2n) is 5.46. The molecule has 118 valence electrons. The molecule has 22 heavy (non-hydrogen) atoms. The van der Waals surface area contributed by atoms with Gasteiger partial charge in [0.25, 0.3) is 0 Å². The lowest BCUT2D eigenvalue weighted by Gasteiger charge is -2.35. The van der Waals surface area contributed by atoms with E-state index in [2.05, 4.69) is 0 Å². The number of hydrogen-bond donors (Lipinski definition) is 0. The van der Waals surface area contributed by atoms with Gasteiger partial charge in [-0.3, -0.25) is 9.59 Å². The van der Waals surface area contributed by atoms with Gasteiger partial charge in [0.05, 0.1) is 7.11 Å². The van der Waals surface area contributed by atoms with Gasteiger partial charge in [0.2, 0.25) is 0 Å². The number of halogens is 2. The summed E-state index contributed by atoms with van der Waals surface area (Å²) in [7, 11) is 1.54. The van der Waals surface area contributed by atoms with Crippen LogP contribution in [0.5, 0.6) is 0 Å². The van der Waals surface area contributed by atoms with Crippen LogP contribution in [0.3, 0.4) is 0 Å². The Balaban J connectivity index is 1.93. The fourth-order valence-electron chi connectivity index (χ4n) is 3.09. The summed E-state index contributed by atoms with van der Waals surface area (Å²) in [5, 5.41) is 1.75. The zero-order valence-electron chi connectivity index (χ0n) is 12.0. The Morgan fingerprint density at radius 1 is 1.36 bits per heavy atom. The molecule has 2 saturated heterocycles. The van der Waals surface area contributed by atoms with E-state index < -0.39 is 29.1 Å². The SMILES string of the molecule is CON1CCC2(CC1)OC(=O)C(c1c(F)cccc1Cl)C2=O. The van der Waals surface area contributed by atoms with Crippen LogP contribution in [-0.4, -0.2) is 42.6 Å². The molecule has 7 heteroatoms. The van der Waals surface area contributed by atoms with E-state index in [0.29, 0.717) is 25.9 Å². The first-order valence-corrected chi connectivity index (χ1v) is 7.36. The molecular weight excluding hydrogens is 313 g/mol. The van der Waals surface area contributed by atoms with E-state index in [0.717, 1.165) is 0 Å². The number of ketones is 1. The number of hydroxylamine groups is 2. The number of piperidine rings is 1. The molecule has 1 aromatic carbocycles. The predicted molar refractivity (Wildman–Crippen MR) is 75.8 cm³/mol. The summed E-state index contributed by atoms with van der Waals surface area (Å²) in [6, 6.07) is 4.07. The summed E-state index contributed by atoms with van der Waals surface area (Å²) < 4.78 is 19.4. The molecule has 0 N–H and O–H groups in total. The largest absolute Gasteiger partial charge is 0.450 e. The lowest BCUT2D eigenvalue weighted by molar-refractivity contribution is -0.184. The van der Waals surface area contributed by atoms with Crippen molar-refractivity contribution in [2.24, 2.45) is 0 Å². The highest BCUT2D eigenvalue weighted by Gasteiger charge is 2.57. The minimum absolute atomic E-state index is 0.0571. The molecule has 0 aliphatic carbocycles. The Kier molecular flexibility index (Phi) is 3.92. The summed E-state index contributed by atoms with van der Waals surface area (Å²) in [6.45, 7) is 0.931. The summed E-state index contributed by atoms with van der Waals surface area (Å²) >= 11 is 5.98. The number of carbonyl (C=O) groups is 2. The van der Waals surface area contributed by atoms with E-state index in [-0.39, 0.29) is 10.6 Å². The smallest absolute Gasteiger partial charge is 0.322 e. The predicted octanol–water partition coefficient (Wildman–Crippen LogP) is 2.08. The lowest BCUT2D eigenvalue weighted by atomic mass is 9.82. The number of benzene rings is 1. The molecule has 1 atom stereocenters. The number of Topliss-reactive ketones (excluding diaryl/α,β-unsaturated/α-hetero) is 1. The number of ether oxygens (including phenoxy) is 1. The van der Waals surface area contributed by atoms with Gasteiger partial charge in [0.15, 0.2) is 11.4 Å². The number of nitrogens with zero attached hydrogens (tertiary/aromatic N) is 1. The van der Waals surface area contributed by atoms with Crippen molar-refractivity contribution in [3.63, 3.8) is 0 Å². The van der Waals surface area contributed by atoms with Crippen LogP contribution in [0.25, 0.3) is 0 Å². The Labute approximate surface area is 131 Å². The van der Waals surface area contributed by atoms with Crippen molar-refractivity contribution in [2.75, 3.05) is 20.2 Å². The highest BCUT2D eigenvalue weighted by atomic mass is 35.5. The Morgan fingerprint density at radius 2 is 2.05 bits per heavy atom. The summed E-state index contributed by atoms with van der Waals surface area (Å²) in [4.78, 5) is 30.1. The molecule has 2 heterocycles. The quantitative estimate of drug-likeness (QED) is 0.615. The van der Waals surface area contributed by atoms with E-state index in [4.69, 9.17) is 21.2 Å². The standard InChI is InChI=1S/C15H15ClFNO4/c1-21-18-7-5-15(6-8-18)13(19)12(14(20)22-15)11-9(16)3-2-4-10(11)17/h2-4,12H,5-8H2,1H3. The molecule has 1 unspecified atom stereocenters. The van der Waals surface area contributed by atoms with E-state index in [1.807, 2.05) is 0 Å². The maximum atomic E-state index is 14.0. The van der Waals surface area contributed by atoms with Crippen molar-refractivity contribution >= 4 is 23.4 Å². The van der Waals surface area contributed by atoms with Gasteiger partial charge in [-0.2, -0.15) is 5.06 Å². The molecule has 2 fully saturated rings. The number of hydrogen-bond acceptors (Lipinski definition) is 5. The molecule has 1 aromatic rings. The van der Waals surface area contributed by atoms with Crippen molar-refractivity contribution in [1.29, 1.82) is 0 Å². The van der Waals surface area contributed by atoms with Crippen LogP contribution >= 0.6 is 11.6 Å². The lowest BCUT2D eigenvalue weighted by Crippen LogP contribution is -2.48. The van der Waals surface area contributed by atoms with Crippen LogP contribution in [0, 0.1) is 5.82 Å². The third-order valence-electron chi connectivity index (χ3n) is 4.32. The monoisotopic (exact) mass is 327 g/mol. The molecule has 2 aliphatic heterocycles. The van der Waals surface area contributed by atoms with Gasteiger partial charge < -0.3 is 9.57 Å². The van der Waals surface area contributed by atoms with Crippen LogP contribution in [0.4, 0.5) is 4.39 Å². The number of rotatable bonds is 2. The molecule has 1 spiro atoms. The first-order chi connectivity index (χ1) is 10.5. The van der Waals surface area contributed by atoms with E-state index in [9.17, 15) is 14.0 Å². The van der Waals surface area contributed by atoms with Gasteiger partial charge in [-0.05, 0) is 12.1 Å². The topological polar surface area (TPSA) is 55.8 Å². The van der Waals surface area contributed by atoms with Crippen molar-refractivity contribution in [3.05, 3.63) is 34.6 Å². The molecule has 2 aliphatic rings. The van der Waals surface area contributed by atoms with Gasteiger partial charge >= 0.3 is 5.97 Å². The Morgan fingerprint density at radius 3 is 2.64 bits per heavy atom. The third kappa shape index (κ3) is 2.31. The van der Waals surface area contributed by atoms with Crippen LogP contribution in [0.2, 0.25) is 5.02 Å². The van der Waals surface area contributed by atoms with E-state index in [1.54, 1.807) is 12.2 Å². The van der Waals surface area contributed by atoms with Crippen molar-refractivity contribution < 1.29 is 23.6 Å². The number of esters is 1. The molecule has 0 radical (unpaired) electrons. The average molecular weight is 328 g/mol. The van der Waals surface area contributed by atoms with Gasteiger partial charge in [-0.1, -0.05) is 17.7 Å². The molecule has 0 amide bonds. The fourth-order valence-corrected chi connectivity index (χ4v) is 3.36. The molecular formula is C15H15ClFNO4. The number of carbonyl (C=O) groups excluding carboxylic acids is 2. The molecule has 0 aromatic heterocycles. The van der Waals surface area contributed by atoms with Gasteiger partial charge in [0, 0.05) is 36.5 Å². The summed E-state index contributed by atoms with van der Waals surface area (Å²) in [6.07, 6.45) is 0.655. The van der Waals surface area contributed by atoms with E-state index in [1.165, 1.54) is 18.2 Å². The second kappa shape index (κ2) is 5.61. The third-order valence-corrected chi connectivity index (χ3v) is 4.65. The highest BCUT2D eigenvalue weighted by molar-refractivity contribution is 6.32. The van der Waals surface area contributed by atoms with Crippen LogP contribution < -0.4 is 0 Å². The highest BCUT2D eigenvalue weighted by Crippen LogP contribution is 2.43. The van der Waals surface area contributed by atoms with Crippen molar-refractivity contribution in [2.45, 2.75) is 24.4 Å². The van der Waals surface area contributed by atoms with Crippen molar-refractivity contribution in [3.8, 4) is 0 Å². The second-order valence-corrected chi connectivity index (χ2v) is 5.87. The fraction of sp³-hybridized carbons (Fsp3) is 0.467.